The van der Waals surface area contributed by atoms with Crippen LogP contribution in [0, 0.1) is 19.8 Å². The van der Waals surface area contributed by atoms with E-state index in [1.165, 1.54) is 5.56 Å². The summed E-state index contributed by atoms with van der Waals surface area (Å²) >= 11 is 5.96. The predicted octanol–water partition coefficient (Wildman–Crippen LogP) is 4.88. The largest absolute Gasteiger partial charge is 0.325 e. The normalized spacial score (nSPS) is 12.2. The van der Waals surface area contributed by atoms with Crippen molar-refractivity contribution < 1.29 is 4.79 Å². The third-order valence-electron chi connectivity index (χ3n) is 4.26. The molecule has 0 bridgehead atoms. The number of amides is 1. The number of benzene rings is 2. The summed E-state index contributed by atoms with van der Waals surface area (Å²) in [6, 6.07) is 13.8. The van der Waals surface area contributed by atoms with E-state index in [4.69, 9.17) is 11.6 Å². The van der Waals surface area contributed by atoms with E-state index in [1.54, 1.807) is 0 Å². The lowest BCUT2D eigenvalue weighted by Gasteiger charge is -2.23. The molecule has 0 aliphatic rings. The Morgan fingerprint density at radius 1 is 1.08 bits per heavy atom. The van der Waals surface area contributed by atoms with Crippen molar-refractivity contribution in [2.24, 2.45) is 5.92 Å². The van der Waals surface area contributed by atoms with Crippen molar-refractivity contribution in [2.75, 3.05) is 11.9 Å². The molecule has 0 saturated carbocycles. The molecule has 0 saturated heterocycles. The lowest BCUT2D eigenvalue weighted by molar-refractivity contribution is -0.115. The van der Waals surface area contributed by atoms with Gasteiger partial charge in [0.15, 0.2) is 0 Å². The number of hydrogen-bond acceptors (Lipinski definition) is 2. The number of carbonyl (C=O) groups excluding carboxylic acids is 1. The zero-order chi connectivity index (χ0) is 17.7. The van der Waals surface area contributed by atoms with Crippen LogP contribution < -0.4 is 10.6 Å². The second kappa shape index (κ2) is 8.32. The summed E-state index contributed by atoms with van der Waals surface area (Å²) in [6.45, 7) is 8.59. The Bertz CT molecular complexity index is 695. The number of carbonyl (C=O) groups is 1. The van der Waals surface area contributed by atoms with Gasteiger partial charge in [-0.25, -0.2) is 0 Å². The van der Waals surface area contributed by atoms with Gasteiger partial charge in [0.25, 0.3) is 0 Å². The Morgan fingerprint density at radius 2 is 1.75 bits per heavy atom. The summed E-state index contributed by atoms with van der Waals surface area (Å²) < 4.78 is 0. The summed E-state index contributed by atoms with van der Waals surface area (Å²) in [4.78, 5) is 12.3. The fraction of sp³-hybridized carbons (Fsp3) is 0.350. The lowest BCUT2D eigenvalue weighted by Crippen LogP contribution is -2.33. The predicted molar refractivity (Wildman–Crippen MR) is 102 cm³/mol. The summed E-state index contributed by atoms with van der Waals surface area (Å²) in [7, 11) is 0. The molecule has 1 atom stereocenters. The van der Waals surface area contributed by atoms with Gasteiger partial charge < -0.3 is 10.6 Å². The Labute approximate surface area is 149 Å². The van der Waals surface area contributed by atoms with Gasteiger partial charge in [0.1, 0.15) is 0 Å². The van der Waals surface area contributed by atoms with Crippen LogP contribution in [0.2, 0.25) is 5.02 Å². The molecule has 0 fully saturated rings. The molecule has 3 nitrogen and oxygen atoms in total. The van der Waals surface area contributed by atoms with Gasteiger partial charge in [-0.1, -0.05) is 49.7 Å². The van der Waals surface area contributed by atoms with Gasteiger partial charge in [-0.05, 0) is 54.7 Å². The van der Waals surface area contributed by atoms with Gasteiger partial charge in [0.2, 0.25) is 5.91 Å². The smallest absolute Gasteiger partial charge is 0.238 e. The van der Waals surface area contributed by atoms with Gasteiger partial charge in [-0.3, -0.25) is 4.79 Å². The highest BCUT2D eigenvalue weighted by atomic mass is 35.5. The molecule has 2 rings (SSSR count). The van der Waals surface area contributed by atoms with Crippen LogP contribution in [0.15, 0.2) is 42.5 Å². The van der Waals surface area contributed by atoms with Crippen molar-refractivity contribution in [3.05, 3.63) is 64.2 Å². The topological polar surface area (TPSA) is 41.1 Å². The molecule has 2 aromatic carbocycles. The summed E-state index contributed by atoms with van der Waals surface area (Å²) in [5.74, 6) is 0.322. The minimum atomic E-state index is -0.0386. The number of hydrogen-bond donors (Lipinski definition) is 2. The second-order valence-electron chi connectivity index (χ2n) is 6.45. The number of nitrogens with one attached hydrogen (secondary N) is 2. The fourth-order valence-corrected chi connectivity index (χ4v) is 2.82. The van der Waals surface area contributed by atoms with Crippen molar-refractivity contribution in [3.8, 4) is 0 Å². The molecular weight excluding hydrogens is 320 g/mol. The molecule has 1 amide bonds. The van der Waals surface area contributed by atoms with E-state index in [-0.39, 0.29) is 18.5 Å². The van der Waals surface area contributed by atoms with Crippen LogP contribution in [0.1, 0.15) is 36.6 Å². The molecule has 2 N–H and O–H groups in total. The number of halogens is 1. The number of rotatable bonds is 6. The molecule has 2 aromatic rings. The van der Waals surface area contributed by atoms with Crippen LogP contribution in [0.3, 0.4) is 0 Å². The van der Waals surface area contributed by atoms with E-state index in [0.717, 1.165) is 16.8 Å². The van der Waals surface area contributed by atoms with Crippen LogP contribution in [-0.4, -0.2) is 12.5 Å². The first-order valence-electron chi connectivity index (χ1n) is 8.23. The van der Waals surface area contributed by atoms with Crippen LogP contribution >= 0.6 is 11.6 Å². The number of aryl methyl sites for hydroxylation is 1. The second-order valence-corrected chi connectivity index (χ2v) is 6.89. The zero-order valence-electron chi connectivity index (χ0n) is 14.7. The molecule has 128 valence electrons. The van der Waals surface area contributed by atoms with E-state index < -0.39 is 0 Å². The molecule has 1 unspecified atom stereocenters. The molecule has 0 aliphatic heterocycles. The molecule has 0 spiro atoms. The van der Waals surface area contributed by atoms with Crippen LogP contribution in [0.25, 0.3) is 0 Å². The van der Waals surface area contributed by atoms with Gasteiger partial charge in [0.05, 0.1) is 6.54 Å². The Kier molecular flexibility index (Phi) is 6.41. The van der Waals surface area contributed by atoms with E-state index in [2.05, 4.69) is 24.5 Å². The standard InChI is InChI=1S/C20H25ClN2O/c1-13(2)20(16-8-10-17(21)11-9-16)22-12-19(24)23-18-7-5-6-14(3)15(18)4/h5-11,13,20,22H,12H2,1-4H3,(H,23,24). The Morgan fingerprint density at radius 3 is 2.38 bits per heavy atom. The minimum absolute atomic E-state index is 0.0386. The number of anilines is 1. The van der Waals surface area contributed by atoms with Gasteiger partial charge >= 0.3 is 0 Å². The van der Waals surface area contributed by atoms with Crippen LogP contribution in [0.4, 0.5) is 5.69 Å². The third kappa shape index (κ3) is 4.83. The van der Waals surface area contributed by atoms with E-state index in [0.29, 0.717) is 10.9 Å². The first-order valence-corrected chi connectivity index (χ1v) is 8.61. The molecule has 0 radical (unpaired) electrons. The fourth-order valence-electron chi connectivity index (χ4n) is 2.69. The average Bonchev–Trinajstić information content (AvgIpc) is 2.53. The van der Waals surface area contributed by atoms with Gasteiger partial charge in [-0.15, -0.1) is 0 Å². The highest BCUT2D eigenvalue weighted by Gasteiger charge is 2.17. The van der Waals surface area contributed by atoms with Crippen molar-refractivity contribution in [3.63, 3.8) is 0 Å². The monoisotopic (exact) mass is 344 g/mol. The molecule has 0 aromatic heterocycles. The molecule has 4 heteroatoms. The van der Waals surface area contributed by atoms with Crippen molar-refractivity contribution in [2.45, 2.75) is 33.7 Å². The Balaban J connectivity index is 2.00. The summed E-state index contributed by atoms with van der Waals surface area (Å²) in [5.41, 5.74) is 4.27. The van der Waals surface area contributed by atoms with Crippen molar-refractivity contribution >= 4 is 23.2 Å². The molecule has 24 heavy (non-hydrogen) atoms. The zero-order valence-corrected chi connectivity index (χ0v) is 15.4. The van der Waals surface area contributed by atoms with Gasteiger partial charge in [-0.2, -0.15) is 0 Å². The lowest BCUT2D eigenvalue weighted by atomic mass is 9.96. The highest BCUT2D eigenvalue weighted by Crippen LogP contribution is 2.23. The first-order chi connectivity index (χ1) is 11.4. The van der Waals surface area contributed by atoms with Crippen molar-refractivity contribution in [1.82, 2.24) is 5.32 Å². The summed E-state index contributed by atoms with van der Waals surface area (Å²) in [6.07, 6.45) is 0. The molecule has 0 heterocycles. The Hall–Kier alpha value is -1.84. The van der Waals surface area contributed by atoms with Crippen LogP contribution in [-0.2, 0) is 4.79 Å². The molecular formula is C20H25ClN2O. The maximum absolute atomic E-state index is 12.3. The van der Waals surface area contributed by atoms with Crippen molar-refractivity contribution in [1.29, 1.82) is 0 Å². The maximum atomic E-state index is 12.3. The third-order valence-corrected chi connectivity index (χ3v) is 4.51. The average molecular weight is 345 g/mol. The van der Waals surface area contributed by atoms with Gasteiger partial charge in [0, 0.05) is 16.8 Å². The quantitative estimate of drug-likeness (QED) is 0.784. The van der Waals surface area contributed by atoms with E-state index in [1.807, 2.05) is 56.3 Å². The first kappa shape index (κ1) is 18.5. The SMILES string of the molecule is Cc1cccc(NC(=O)CNC(c2ccc(Cl)cc2)C(C)C)c1C. The maximum Gasteiger partial charge on any atom is 0.238 e. The summed E-state index contributed by atoms with van der Waals surface area (Å²) in [5, 5.41) is 7.05. The minimum Gasteiger partial charge on any atom is -0.325 e. The molecule has 0 aliphatic carbocycles. The highest BCUT2D eigenvalue weighted by molar-refractivity contribution is 6.30. The van der Waals surface area contributed by atoms with E-state index in [9.17, 15) is 4.79 Å². The van der Waals surface area contributed by atoms with E-state index >= 15 is 0 Å². The van der Waals surface area contributed by atoms with Crippen LogP contribution in [0.5, 0.6) is 0 Å².